The molecule has 1 aliphatic rings. The molecule has 4 rings (SSSR count). The first kappa shape index (κ1) is 23.7. The number of thioether (sulfide) groups is 1. The molecule has 1 aliphatic heterocycles. The van der Waals surface area contributed by atoms with Gasteiger partial charge in [0.25, 0.3) is 0 Å². The predicted molar refractivity (Wildman–Crippen MR) is 133 cm³/mol. The van der Waals surface area contributed by atoms with Crippen LogP contribution in [0.5, 0.6) is 5.75 Å². The number of pyridine rings is 1. The van der Waals surface area contributed by atoms with Gasteiger partial charge in [-0.1, -0.05) is 6.07 Å². The van der Waals surface area contributed by atoms with Crippen molar-refractivity contribution in [1.29, 1.82) is 0 Å². The highest BCUT2D eigenvalue weighted by Gasteiger charge is 2.34. The molecule has 0 radical (unpaired) electrons. The molecule has 1 saturated heterocycles. The summed E-state index contributed by atoms with van der Waals surface area (Å²) in [5.41, 5.74) is 1.37. The molecule has 1 fully saturated rings. The molecule has 0 aliphatic carbocycles. The zero-order valence-corrected chi connectivity index (χ0v) is 20.2. The highest BCUT2D eigenvalue weighted by atomic mass is 32.2. The van der Waals surface area contributed by atoms with Crippen LogP contribution in [-0.4, -0.2) is 59.2 Å². The second-order valence-electron chi connectivity index (χ2n) is 8.28. The van der Waals surface area contributed by atoms with Gasteiger partial charge in [-0.05, 0) is 61.0 Å². The molecule has 33 heavy (non-hydrogen) atoms. The SMILES string of the molecule is COc1ccc2nccc(C(=O)CC[C@@H]3CCN(CCSc4cccs4)C[C@@H]3C(=O)O)c2c1. The molecule has 0 unspecified atom stereocenters. The smallest absolute Gasteiger partial charge is 0.308 e. The van der Waals surface area contributed by atoms with Crippen LogP contribution in [0.25, 0.3) is 10.9 Å². The first-order chi connectivity index (χ1) is 16.0. The van der Waals surface area contributed by atoms with Crippen LogP contribution in [0.3, 0.4) is 0 Å². The van der Waals surface area contributed by atoms with Gasteiger partial charge in [0.2, 0.25) is 0 Å². The number of likely N-dealkylation sites (tertiary alicyclic amines) is 1. The Morgan fingerprint density at radius 1 is 1.30 bits per heavy atom. The molecule has 6 nitrogen and oxygen atoms in total. The Morgan fingerprint density at radius 2 is 2.18 bits per heavy atom. The van der Waals surface area contributed by atoms with E-state index in [-0.39, 0.29) is 11.7 Å². The lowest BCUT2D eigenvalue weighted by molar-refractivity contribution is -0.146. The van der Waals surface area contributed by atoms with Crippen molar-refractivity contribution < 1.29 is 19.4 Å². The normalized spacial score (nSPS) is 18.9. The van der Waals surface area contributed by atoms with E-state index in [1.54, 1.807) is 30.7 Å². The third-order valence-electron chi connectivity index (χ3n) is 6.30. The van der Waals surface area contributed by atoms with Gasteiger partial charge >= 0.3 is 5.97 Å². The number of piperidine rings is 1. The van der Waals surface area contributed by atoms with E-state index in [0.717, 1.165) is 36.2 Å². The van der Waals surface area contributed by atoms with Crippen molar-refractivity contribution >= 4 is 45.8 Å². The number of ketones is 1. The maximum absolute atomic E-state index is 13.1. The first-order valence-corrected chi connectivity index (χ1v) is 13.0. The van der Waals surface area contributed by atoms with Crippen LogP contribution in [-0.2, 0) is 4.79 Å². The number of aliphatic carboxylic acids is 1. The number of aromatic nitrogens is 1. The molecule has 0 spiro atoms. The van der Waals surface area contributed by atoms with Crippen LogP contribution in [0, 0.1) is 11.8 Å². The van der Waals surface area contributed by atoms with E-state index in [4.69, 9.17) is 4.74 Å². The lowest BCUT2D eigenvalue weighted by Crippen LogP contribution is -2.44. The molecule has 3 heterocycles. The van der Waals surface area contributed by atoms with Crippen LogP contribution < -0.4 is 4.74 Å². The van der Waals surface area contributed by atoms with E-state index in [2.05, 4.69) is 21.3 Å². The molecule has 0 bridgehead atoms. The van der Waals surface area contributed by atoms with Gasteiger partial charge in [0.1, 0.15) is 5.75 Å². The number of hydrogen-bond donors (Lipinski definition) is 1. The minimum Gasteiger partial charge on any atom is -0.497 e. The Balaban J connectivity index is 1.35. The van der Waals surface area contributed by atoms with Crippen LogP contribution in [0.2, 0.25) is 0 Å². The number of Topliss-reactive ketones (excluding diaryl/α,β-unsaturated/α-hetero) is 1. The van der Waals surface area contributed by atoms with E-state index in [0.29, 0.717) is 30.7 Å². The number of rotatable bonds is 10. The molecule has 2 atom stereocenters. The van der Waals surface area contributed by atoms with E-state index < -0.39 is 11.9 Å². The molecule has 3 aromatic rings. The monoisotopic (exact) mass is 484 g/mol. The highest BCUT2D eigenvalue weighted by Crippen LogP contribution is 2.31. The fourth-order valence-corrected chi connectivity index (χ4v) is 6.33. The fourth-order valence-electron chi connectivity index (χ4n) is 4.46. The summed E-state index contributed by atoms with van der Waals surface area (Å²) in [5.74, 6) is 0.467. The van der Waals surface area contributed by atoms with Crippen molar-refractivity contribution in [2.45, 2.75) is 23.5 Å². The summed E-state index contributed by atoms with van der Waals surface area (Å²) in [7, 11) is 1.60. The second kappa shape index (κ2) is 11.1. The molecular weight excluding hydrogens is 456 g/mol. The van der Waals surface area contributed by atoms with Gasteiger partial charge in [-0.2, -0.15) is 0 Å². The minimum absolute atomic E-state index is 0.00952. The number of carboxylic acids is 1. The van der Waals surface area contributed by atoms with E-state index in [1.807, 2.05) is 36.0 Å². The second-order valence-corrected chi connectivity index (χ2v) is 10.6. The molecule has 0 amide bonds. The largest absolute Gasteiger partial charge is 0.497 e. The van der Waals surface area contributed by atoms with Crippen LogP contribution in [0.15, 0.2) is 52.2 Å². The number of fused-ring (bicyclic) bond motifs is 1. The van der Waals surface area contributed by atoms with Gasteiger partial charge in [-0.3, -0.25) is 14.6 Å². The number of carbonyl (C=O) groups excluding carboxylic acids is 1. The van der Waals surface area contributed by atoms with Gasteiger partial charge < -0.3 is 14.7 Å². The number of benzene rings is 1. The number of thiophene rings is 1. The number of carboxylic acid groups (broad SMARTS) is 1. The summed E-state index contributed by atoms with van der Waals surface area (Å²) < 4.78 is 6.59. The number of hydrogen-bond acceptors (Lipinski definition) is 7. The van der Waals surface area contributed by atoms with E-state index in [1.165, 1.54) is 4.21 Å². The Bertz CT molecular complexity index is 1100. The van der Waals surface area contributed by atoms with Gasteiger partial charge in [0.15, 0.2) is 5.78 Å². The maximum atomic E-state index is 13.1. The Morgan fingerprint density at radius 3 is 2.94 bits per heavy atom. The van der Waals surface area contributed by atoms with Crippen LogP contribution in [0.4, 0.5) is 0 Å². The molecule has 1 N–H and O–H groups in total. The number of nitrogens with zero attached hydrogens (tertiary/aromatic N) is 2. The Hall–Kier alpha value is -2.42. The number of carbonyl (C=O) groups is 2. The van der Waals surface area contributed by atoms with E-state index in [9.17, 15) is 14.7 Å². The highest BCUT2D eigenvalue weighted by molar-refractivity contribution is 8.01. The Kier molecular flexibility index (Phi) is 8.01. The third-order valence-corrected chi connectivity index (χ3v) is 8.41. The quantitative estimate of drug-likeness (QED) is 0.317. The van der Waals surface area contributed by atoms with Crippen molar-refractivity contribution in [3.8, 4) is 5.75 Å². The summed E-state index contributed by atoms with van der Waals surface area (Å²) in [6.45, 7) is 2.31. The van der Waals surface area contributed by atoms with Crippen molar-refractivity contribution in [1.82, 2.24) is 9.88 Å². The van der Waals surface area contributed by atoms with Gasteiger partial charge in [0.05, 0.1) is 22.8 Å². The minimum atomic E-state index is -0.762. The zero-order valence-electron chi connectivity index (χ0n) is 18.6. The first-order valence-electron chi connectivity index (χ1n) is 11.1. The summed E-state index contributed by atoms with van der Waals surface area (Å²) in [4.78, 5) is 31.7. The summed E-state index contributed by atoms with van der Waals surface area (Å²) in [6.07, 6.45) is 3.37. The summed E-state index contributed by atoms with van der Waals surface area (Å²) in [5, 5.41) is 12.7. The van der Waals surface area contributed by atoms with Crippen LogP contribution in [0.1, 0.15) is 29.6 Å². The maximum Gasteiger partial charge on any atom is 0.308 e. The van der Waals surface area contributed by atoms with Crippen molar-refractivity contribution in [3.05, 3.63) is 53.5 Å². The van der Waals surface area contributed by atoms with Crippen molar-refractivity contribution in [2.24, 2.45) is 11.8 Å². The fraction of sp³-hybridized carbons (Fsp3) is 0.400. The average molecular weight is 485 g/mol. The predicted octanol–water partition coefficient (Wildman–Crippen LogP) is 5.08. The number of methoxy groups -OCH3 is 1. The summed E-state index contributed by atoms with van der Waals surface area (Å²) in [6, 6.07) is 11.4. The molecule has 2 aromatic heterocycles. The van der Waals surface area contributed by atoms with Crippen molar-refractivity contribution in [3.63, 3.8) is 0 Å². The topological polar surface area (TPSA) is 79.7 Å². The Labute approximate surface area is 202 Å². The molecular formula is C25H28N2O4S2. The lowest BCUT2D eigenvalue weighted by atomic mass is 9.81. The zero-order chi connectivity index (χ0) is 23.2. The molecule has 0 saturated carbocycles. The van der Waals surface area contributed by atoms with Gasteiger partial charge in [-0.25, -0.2) is 0 Å². The molecule has 8 heteroatoms. The number of ether oxygens (including phenoxy) is 1. The molecule has 174 valence electrons. The average Bonchev–Trinajstić information content (AvgIpc) is 3.35. The van der Waals surface area contributed by atoms with E-state index >= 15 is 0 Å². The summed E-state index contributed by atoms with van der Waals surface area (Å²) >= 11 is 3.55. The van der Waals surface area contributed by atoms with Gasteiger partial charge in [0, 0.05) is 42.4 Å². The standard InChI is InChI=1S/C25H28N2O4S2/c1-31-18-5-6-22-20(15-18)19(8-10-26-22)23(28)7-4-17-9-11-27(16-21(17)25(29)30)12-14-33-24-3-2-13-32-24/h2-3,5-6,8,10,13,15,17,21H,4,7,9,11-12,14,16H2,1H3,(H,29,30)/t17-,21+/m1/s1. The third kappa shape index (κ3) is 5.93. The van der Waals surface area contributed by atoms with Crippen molar-refractivity contribution in [2.75, 3.05) is 32.5 Å². The van der Waals surface area contributed by atoms with Crippen LogP contribution >= 0.6 is 23.1 Å². The lowest BCUT2D eigenvalue weighted by Gasteiger charge is -2.36. The van der Waals surface area contributed by atoms with Gasteiger partial charge in [-0.15, -0.1) is 23.1 Å². The molecule has 1 aromatic carbocycles.